The third-order valence-electron chi connectivity index (χ3n) is 5.27. The van der Waals surface area contributed by atoms with Gasteiger partial charge in [-0.3, -0.25) is 14.6 Å². The summed E-state index contributed by atoms with van der Waals surface area (Å²) in [6.07, 6.45) is -1.29. The SMILES string of the molecule is [2H][C@]1(c2c(OP(=O)(O)O)cc(O)c3c(=O)cc(-c4ccccc4Cl)oc23)CCN(C)C[C@H]1O. The lowest BCUT2D eigenvalue weighted by Gasteiger charge is -2.34. The summed E-state index contributed by atoms with van der Waals surface area (Å²) in [6, 6.07) is 8.51. The molecular weight excluding hydrogens is 461 g/mol. The number of aliphatic hydroxyl groups excluding tert-OH is 1. The molecule has 11 heteroatoms. The summed E-state index contributed by atoms with van der Waals surface area (Å²) in [5, 5.41) is 21.3. The van der Waals surface area contributed by atoms with Gasteiger partial charge in [0.15, 0.2) is 5.43 Å². The minimum absolute atomic E-state index is 0.0121. The fourth-order valence-corrected chi connectivity index (χ4v) is 4.49. The zero-order valence-corrected chi connectivity index (χ0v) is 18.5. The van der Waals surface area contributed by atoms with Gasteiger partial charge in [0, 0.05) is 37.1 Å². The third kappa shape index (κ3) is 4.41. The molecule has 1 aliphatic rings. The van der Waals surface area contributed by atoms with Crippen molar-refractivity contribution in [3.63, 3.8) is 0 Å². The Hall–Kier alpha value is -2.39. The number of phosphoric acid groups is 1. The van der Waals surface area contributed by atoms with E-state index in [1.54, 1.807) is 36.2 Å². The maximum atomic E-state index is 13.0. The molecule has 0 unspecified atom stereocenters. The van der Waals surface area contributed by atoms with Gasteiger partial charge in [-0.1, -0.05) is 23.7 Å². The first-order valence-electron chi connectivity index (χ1n) is 10.1. The molecule has 2 aromatic carbocycles. The van der Waals surface area contributed by atoms with E-state index in [1.807, 2.05) is 0 Å². The van der Waals surface area contributed by atoms with Crippen molar-refractivity contribution in [1.29, 1.82) is 0 Å². The van der Waals surface area contributed by atoms with Crippen molar-refractivity contribution in [2.45, 2.75) is 18.4 Å². The smallest absolute Gasteiger partial charge is 0.507 e. The van der Waals surface area contributed by atoms with Gasteiger partial charge in [-0.25, -0.2) is 4.57 Å². The van der Waals surface area contributed by atoms with Gasteiger partial charge < -0.3 is 24.1 Å². The standard InChI is InChI=1S/C21H21ClNO8P/c1-23-7-6-12(16(26)10-23)19-18(31-32(27,28)29)9-15(25)20-14(24)8-17(30-21(19)20)11-4-2-3-5-13(11)22/h2-5,8-9,12,16,25-26H,6-7,10H2,1H3,(H2,27,28,29)/t12-,16+/m0/s1/i12D. The molecule has 170 valence electrons. The van der Waals surface area contributed by atoms with Crippen LogP contribution in [0.15, 0.2) is 45.6 Å². The van der Waals surface area contributed by atoms with Gasteiger partial charge in [0.2, 0.25) is 0 Å². The summed E-state index contributed by atoms with van der Waals surface area (Å²) >= 11 is 6.25. The molecule has 1 aromatic heterocycles. The van der Waals surface area contributed by atoms with E-state index in [-0.39, 0.29) is 40.3 Å². The number of hydrogen-bond donors (Lipinski definition) is 4. The van der Waals surface area contributed by atoms with Crippen molar-refractivity contribution >= 4 is 30.4 Å². The largest absolute Gasteiger partial charge is 0.524 e. The summed E-state index contributed by atoms with van der Waals surface area (Å²) in [4.78, 5) is 33.6. The number of aromatic hydroxyl groups is 1. The topological polar surface area (TPSA) is 141 Å². The number of likely N-dealkylation sites (N-methyl/N-ethyl adjacent to an activating group) is 1. The number of piperidine rings is 1. The molecule has 0 radical (unpaired) electrons. The summed E-state index contributed by atoms with van der Waals surface area (Å²) < 4.78 is 31.5. The van der Waals surface area contributed by atoms with E-state index in [4.69, 9.17) is 21.9 Å². The van der Waals surface area contributed by atoms with E-state index in [1.165, 1.54) is 0 Å². The van der Waals surface area contributed by atoms with E-state index in [9.17, 15) is 29.4 Å². The van der Waals surface area contributed by atoms with Gasteiger partial charge in [-0.15, -0.1) is 0 Å². The van der Waals surface area contributed by atoms with Gasteiger partial charge in [0.05, 0.1) is 11.1 Å². The van der Waals surface area contributed by atoms with Crippen LogP contribution < -0.4 is 9.95 Å². The number of benzene rings is 2. The molecule has 32 heavy (non-hydrogen) atoms. The van der Waals surface area contributed by atoms with Crippen LogP contribution in [0.2, 0.25) is 5.02 Å². The fraction of sp³-hybridized carbons (Fsp3) is 0.286. The number of fused-ring (bicyclic) bond motifs is 1. The molecule has 2 atom stereocenters. The van der Waals surface area contributed by atoms with Gasteiger partial charge in [0.25, 0.3) is 0 Å². The molecule has 0 saturated carbocycles. The first kappa shape index (κ1) is 21.5. The first-order valence-corrected chi connectivity index (χ1v) is 11.5. The molecule has 0 amide bonds. The quantitative estimate of drug-likeness (QED) is 0.413. The molecule has 4 N–H and O–H groups in total. The highest BCUT2D eigenvalue weighted by Crippen LogP contribution is 2.48. The summed E-state index contributed by atoms with van der Waals surface area (Å²) in [5.74, 6) is -3.06. The van der Waals surface area contributed by atoms with Crippen molar-refractivity contribution in [1.82, 2.24) is 4.90 Å². The molecule has 3 aromatic rings. The van der Waals surface area contributed by atoms with Crippen molar-refractivity contribution < 1.29 is 34.9 Å². The predicted octanol–water partition coefficient (Wildman–Crippen LogP) is 3.07. The maximum Gasteiger partial charge on any atom is 0.524 e. The Balaban J connectivity index is 2.10. The average molecular weight is 483 g/mol. The number of phosphoric ester groups is 1. The second-order valence-electron chi connectivity index (χ2n) is 7.56. The van der Waals surface area contributed by atoms with E-state index in [0.717, 1.165) is 12.1 Å². The Kier molecular flexibility index (Phi) is 5.71. The molecule has 4 rings (SSSR count). The summed E-state index contributed by atoms with van der Waals surface area (Å²) in [7, 11) is -3.39. The number of phenols is 1. The van der Waals surface area contributed by atoms with Gasteiger partial charge in [-0.05, 0) is 32.1 Å². The molecule has 0 spiro atoms. The van der Waals surface area contributed by atoms with E-state index in [2.05, 4.69) is 0 Å². The molecule has 0 bridgehead atoms. The van der Waals surface area contributed by atoms with Crippen molar-refractivity contribution in [3.8, 4) is 22.8 Å². The van der Waals surface area contributed by atoms with Crippen LogP contribution in [-0.2, 0) is 4.57 Å². The number of halogens is 1. The fourth-order valence-electron chi connectivity index (χ4n) is 3.86. The Bertz CT molecular complexity index is 1340. The number of aliphatic hydroxyl groups is 1. The molecule has 1 aliphatic heterocycles. The normalized spacial score (nSPS) is 22.7. The summed E-state index contributed by atoms with van der Waals surface area (Å²) in [6.45, 7) is 0.447. The van der Waals surface area contributed by atoms with Gasteiger partial charge in [0.1, 0.15) is 28.2 Å². The molecule has 9 nitrogen and oxygen atoms in total. The van der Waals surface area contributed by atoms with Crippen LogP contribution >= 0.6 is 19.4 Å². The third-order valence-corrected chi connectivity index (χ3v) is 6.04. The highest BCUT2D eigenvalue weighted by molar-refractivity contribution is 7.46. The lowest BCUT2D eigenvalue weighted by Crippen LogP contribution is -2.40. The van der Waals surface area contributed by atoms with Crippen LogP contribution in [0.4, 0.5) is 0 Å². The van der Waals surface area contributed by atoms with E-state index >= 15 is 0 Å². The second kappa shape index (κ2) is 8.51. The Morgan fingerprint density at radius 3 is 2.69 bits per heavy atom. The zero-order valence-electron chi connectivity index (χ0n) is 17.9. The van der Waals surface area contributed by atoms with Crippen molar-refractivity contribution in [2.24, 2.45) is 0 Å². The lowest BCUT2D eigenvalue weighted by atomic mass is 9.85. The number of hydrogen-bond acceptors (Lipinski definition) is 7. The predicted molar refractivity (Wildman–Crippen MR) is 118 cm³/mol. The number of β-amino-alcohol motifs (C(OH)–C–C–N with tert-alkyl or cyclic N) is 1. The summed E-state index contributed by atoms with van der Waals surface area (Å²) in [5.41, 5.74) is -0.878. The van der Waals surface area contributed by atoms with E-state index < -0.39 is 36.7 Å². The highest BCUT2D eigenvalue weighted by atomic mass is 35.5. The Morgan fingerprint density at radius 2 is 2.03 bits per heavy atom. The molecule has 2 heterocycles. The second-order valence-corrected chi connectivity index (χ2v) is 9.13. The van der Waals surface area contributed by atoms with Crippen LogP contribution in [0.5, 0.6) is 11.5 Å². The van der Waals surface area contributed by atoms with Crippen LogP contribution in [-0.4, -0.2) is 51.1 Å². The first-order chi connectivity index (χ1) is 15.4. The average Bonchev–Trinajstić information content (AvgIpc) is 2.69. The lowest BCUT2D eigenvalue weighted by molar-refractivity contribution is 0.0632. The van der Waals surface area contributed by atoms with Crippen LogP contribution in [0.1, 0.15) is 19.2 Å². The molecule has 1 fully saturated rings. The minimum Gasteiger partial charge on any atom is -0.507 e. The van der Waals surface area contributed by atoms with E-state index in [0.29, 0.717) is 12.1 Å². The van der Waals surface area contributed by atoms with Gasteiger partial charge in [-0.2, -0.15) is 0 Å². The monoisotopic (exact) mass is 482 g/mol. The maximum absolute atomic E-state index is 13.0. The zero-order chi connectivity index (χ0) is 24.1. The van der Waals surface area contributed by atoms with Gasteiger partial charge >= 0.3 is 7.82 Å². The number of rotatable bonds is 4. The van der Waals surface area contributed by atoms with Crippen LogP contribution in [0, 0.1) is 0 Å². The Morgan fingerprint density at radius 1 is 1.31 bits per heavy atom. The molecule has 0 aliphatic carbocycles. The highest BCUT2D eigenvalue weighted by Gasteiger charge is 2.35. The molecule has 1 saturated heterocycles. The number of likely N-dealkylation sites (tertiary alicyclic amines) is 1. The Labute approximate surface area is 189 Å². The van der Waals surface area contributed by atoms with Crippen molar-refractivity contribution in [2.75, 3.05) is 20.1 Å². The van der Waals surface area contributed by atoms with Crippen LogP contribution in [0.25, 0.3) is 22.3 Å². The number of nitrogens with zero attached hydrogens (tertiary/aromatic N) is 1. The van der Waals surface area contributed by atoms with Crippen molar-refractivity contribution in [3.05, 3.63) is 57.2 Å². The number of phenolic OH excluding ortho intramolecular Hbond substituents is 1. The minimum atomic E-state index is -5.14. The van der Waals surface area contributed by atoms with Crippen LogP contribution in [0.3, 0.4) is 0 Å². The molecular formula is C21H21ClNO8P.